The number of hydrogen-bond acceptors (Lipinski definition) is 3. The van der Waals surface area contributed by atoms with Crippen LogP contribution in [0.1, 0.15) is 18.1 Å². The van der Waals surface area contributed by atoms with Crippen molar-refractivity contribution in [2.75, 3.05) is 14.2 Å². The number of carbonyl (C=O) groups is 1. The minimum atomic E-state index is 0.0773. The van der Waals surface area contributed by atoms with Gasteiger partial charge in [-0.1, -0.05) is 6.92 Å². The van der Waals surface area contributed by atoms with E-state index in [2.05, 4.69) is 0 Å². The van der Waals surface area contributed by atoms with Gasteiger partial charge in [-0.3, -0.25) is 4.79 Å². The van der Waals surface area contributed by atoms with Crippen LogP contribution in [-0.2, 0) is 17.6 Å². The number of rotatable bonds is 2. The molecular formula is C13H16O3. The fourth-order valence-corrected chi connectivity index (χ4v) is 2.22. The van der Waals surface area contributed by atoms with E-state index >= 15 is 0 Å². The van der Waals surface area contributed by atoms with Crippen molar-refractivity contribution in [3.05, 3.63) is 23.3 Å². The normalized spacial score (nSPS) is 19.2. The number of Topliss-reactive ketones (excluding diaryl/α,β-unsaturated/α-hetero) is 1. The highest BCUT2D eigenvalue weighted by atomic mass is 16.5. The Labute approximate surface area is 95.4 Å². The average Bonchev–Trinajstić information content (AvgIpc) is 2.29. The van der Waals surface area contributed by atoms with E-state index in [9.17, 15) is 4.79 Å². The van der Waals surface area contributed by atoms with Crippen LogP contribution in [0.25, 0.3) is 0 Å². The van der Waals surface area contributed by atoms with Crippen molar-refractivity contribution in [2.24, 2.45) is 5.92 Å². The van der Waals surface area contributed by atoms with Crippen molar-refractivity contribution in [3.63, 3.8) is 0 Å². The molecule has 0 N–H and O–H groups in total. The first-order valence-electron chi connectivity index (χ1n) is 5.42. The largest absolute Gasteiger partial charge is 0.496 e. The topological polar surface area (TPSA) is 35.5 Å². The van der Waals surface area contributed by atoms with Crippen LogP contribution >= 0.6 is 0 Å². The highest BCUT2D eigenvalue weighted by Gasteiger charge is 2.27. The van der Waals surface area contributed by atoms with Crippen molar-refractivity contribution in [1.29, 1.82) is 0 Å². The molecule has 0 spiro atoms. The zero-order valence-electron chi connectivity index (χ0n) is 9.87. The number of benzene rings is 1. The quantitative estimate of drug-likeness (QED) is 0.764. The number of methoxy groups -OCH3 is 2. The molecule has 1 aromatic rings. The molecule has 1 aliphatic carbocycles. The van der Waals surface area contributed by atoms with E-state index in [1.165, 1.54) is 0 Å². The molecule has 0 fully saturated rings. The smallest absolute Gasteiger partial charge is 0.140 e. The van der Waals surface area contributed by atoms with E-state index in [4.69, 9.17) is 9.47 Å². The molecule has 3 heteroatoms. The standard InChI is InChI=1S/C13H16O3/c1-8-6-9-10(7-11(8)14)13(16-3)5-4-12(9)15-2/h4-5,8H,6-7H2,1-3H3. The van der Waals surface area contributed by atoms with Crippen LogP contribution in [0.5, 0.6) is 11.5 Å². The first-order chi connectivity index (χ1) is 7.67. The van der Waals surface area contributed by atoms with Gasteiger partial charge in [-0.25, -0.2) is 0 Å². The lowest BCUT2D eigenvalue weighted by Crippen LogP contribution is -2.23. The van der Waals surface area contributed by atoms with Crippen LogP contribution < -0.4 is 9.47 Å². The highest BCUT2D eigenvalue weighted by Crippen LogP contribution is 2.36. The molecule has 0 saturated carbocycles. The van der Waals surface area contributed by atoms with Gasteiger partial charge in [0.15, 0.2) is 0 Å². The van der Waals surface area contributed by atoms with Gasteiger partial charge in [0, 0.05) is 23.5 Å². The fraction of sp³-hybridized carbons (Fsp3) is 0.462. The Hall–Kier alpha value is -1.51. The summed E-state index contributed by atoms with van der Waals surface area (Å²) in [5.74, 6) is 2.00. The molecule has 0 aliphatic heterocycles. The molecule has 2 rings (SSSR count). The van der Waals surface area contributed by atoms with E-state index in [0.717, 1.165) is 29.0 Å². The Bertz CT molecular complexity index is 423. The van der Waals surface area contributed by atoms with Crippen LogP contribution in [0.4, 0.5) is 0 Å². The fourth-order valence-electron chi connectivity index (χ4n) is 2.22. The SMILES string of the molecule is COc1ccc(OC)c2c1CC(=O)C(C)C2. The molecule has 0 aromatic heterocycles. The summed E-state index contributed by atoms with van der Waals surface area (Å²) in [6.07, 6.45) is 1.20. The monoisotopic (exact) mass is 220 g/mol. The van der Waals surface area contributed by atoms with Crippen LogP contribution in [-0.4, -0.2) is 20.0 Å². The van der Waals surface area contributed by atoms with E-state index < -0.39 is 0 Å². The van der Waals surface area contributed by atoms with Crippen molar-refractivity contribution in [2.45, 2.75) is 19.8 Å². The van der Waals surface area contributed by atoms with Crippen LogP contribution in [0.15, 0.2) is 12.1 Å². The summed E-state index contributed by atoms with van der Waals surface area (Å²) >= 11 is 0. The lowest BCUT2D eigenvalue weighted by atomic mass is 9.83. The van der Waals surface area contributed by atoms with Gasteiger partial charge in [0.1, 0.15) is 17.3 Å². The predicted molar refractivity (Wildman–Crippen MR) is 61.1 cm³/mol. The van der Waals surface area contributed by atoms with Gasteiger partial charge in [-0.15, -0.1) is 0 Å². The summed E-state index contributed by atoms with van der Waals surface area (Å²) in [4.78, 5) is 11.7. The maximum absolute atomic E-state index is 11.7. The molecule has 1 unspecified atom stereocenters. The average molecular weight is 220 g/mol. The number of hydrogen-bond donors (Lipinski definition) is 0. The maximum atomic E-state index is 11.7. The molecule has 1 atom stereocenters. The lowest BCUT2D eigenvalue weighted by molar-refractivity contribution is -0.122. The van der Waals surface area contributed by atoms with Gasteiger partial charge < -0.3 is 9.47 Å². The molecule has 0 bridgehead atoms. The third-order valence-corrected chi connectivity index (χ3v) is 3.20. The van der Waals surface area contributed by atoms with Gasteiger partial charge in [0.05, 0.1) is 14.2 Å². The molecular weight excluding hydrogens is 204 g/mol. The molecule has 16 heavy (non-hydrogen) atoms. The second-order valence-electron chi connectivity index (χ2n) is 4.18. The summed E-state index contributed by atoms with van der Waals surface area (Å²) in [6, 6.07) is 3.76. The summed E-state index contributed by atoms with van der Waals surface area (Å²) in [7, 11) is 3.29. The Kier molecular flexibility index (Phi) is 2.86. The number of ketones is 1. The first-order valence-corrected chi connectivity index (χ1v) is 5.42. The molecule has 0 amide bonds. The van der Waals surface area contributed by atoms with E-state index in [1.54, 1.807) is 14.2 Å². The van der Waals surface area contributed by atoms with Gasteiger partial charge in [-0.05, 0) is 18.6 Å². The second-order valence-corrected chi connectivity index (χ2v) is 4.18. The van der Waals surface area contributed by atoms with Gasteiger partial charge in [-0.2, -0.15) is 0 Å². The van der Waals surface area contributed by atoms with Gasteiger partial charge >= 0.3 is 0 Å². The molecule has 3 nitrogen and oxygen atoms in total. The minimum absolute atomic E-state index is 0.0773. The Morgan fingerprint density at radius 2 is 1.69 bits per heavy atom. The summed E-state index contributed by atoms with van der Waals surface area (Å²) in [6.45, 7) is 1.96. The summed E-state index contributed by atoms with van der Waals surface area (Å²) in [5.41, 5.74) is 2.11. The van der Waals surface area contributed by atoms with E-state index in [-0.39, 0.29) is 11.7 Å². The first kappa shape index (κ1) is 11.0. The molecule has 1 aromatic carbocycles. The summed E-state index contributed by atoms with van der Waals surface area (Å²) in [5, 5.41) is 0. The third kappa shape index (κ3) is 1.66. The Morgan fingerprint density at radius 1 is 1.12 bits per heavy atom. The van der Waals surface area contributed by atoms with E-state index in [0.29, 0.717) is 6.42 Å². The maximum Gasteiger partial charge on any atom is 0.140 e. The van der Waals surface area contributed by atoms with Crippen molar-refractivity contribution >= 4 is 5.78 Å². The van der Waals surface area contributed by atoms with Crippen molar-refractivity contribution in [1.82, 2.24) is 0 Å². The second kappa shape index (κ2) is 4.16. The number of carbonyl (C=O) groups excluding carboxylic acids is 1. The summed E-state index contributed by atoms with van der Waals surface area (Å²) < 4.78 is 10.6. The lowest BCUT2D eigenvalue weighted by Gasteiger charge is -2.24. The van der Waals surface area contributed by atoms with Crippen molar-refractivity contribution in [3.8, 4) is 11.5 Å². The van der Waals surface area contributed by atoms with Crippen LogP contribution in [0.3, 0.4) is 0 Å². The molecule has 0 heterocycles. The van der Waals surface area contributed by atoms with Gasteiger partial charge in [0.2, 0.25) is 0 Å². The molecule has 1 aliphatic rings. The third-order valence-electron chi connectivity index (χ3n) is 3.20. The van der Waals surface area contributed by atoms with Crippen molar-refractivity contribution < 1.29 is 14.3 Å². The molecule has 86 valence electrons. The highest BCUT2D eigenvalue weighted by molar-refractivity contribution is 5.86. The predicted octanol–water partition coefficient (Wildman–Crippen LogP) is 2.01. The van der Waals surface area contributed by atoms with Crippen LogP contribution in [0.2, 0.25) is 0 Å². The zero-order chi connectivity index (χ0) is 11.7. The van der Waals surface area contributed by atoms with Gasteiger partial charge in [0.25, 0.3) is 0 Å². The Morgan fingerprint density at radius 3 is 2.25 bits per heavy atom. The molecule has 0 saturated heterocycles. The van der Waals surface area contributed by atoms with E-state index in [1.807, 2.05) is 19.1 Å². The Balaban J connectivity index is 2.54. The van der Waals surface area contributed by atoms with Crippen LogP contribution in [0, 0.1) is 5.92 Å². The number of fused-ring (bicyclic) bond motifs is 1. The minimum Gasteiger partial charge on any atom is -0.496 e. The molecule has 0 radical (unpaired) electrons. The number of ether oxygens (including phenoxy) is 2. The zero-order valence-corrected chi connectivity index (χ0v) is 9.87.